The van der Waals surface area contributed by atoms with E-state index in [-0.39, 0.29) is 11.8 Å². The maximum absolute atomic E-state index is 10.3. The van der Waals surface area contributed by atoms with E-state index in [2.05, 4.69) is 11.5 Å². The summed E-state index contributed by atoms with van der Waals surface area (Å²) in [4.78, 5) is 24.1. The number of nitrogens with zero attached hydrogens (tertiary/aromatic N) is 2. The van der Waals surface area contributed by atoms with Gasteiger partial charge in [-0.2, -0.15) is 0 Å². The molecule has 5 heteroatoms. The highest BCUT2D eigenvalue weighted by Gasteiger charge is 1.91. The van der Waals surface area contributed by atoms with Crippen molar-refractivity contribution < 1.29 is 9.59 Å². The van der Waals surface area contributed by atoms with Crippen LogP contribution in [0, 0.1) is 0 Å². The Labute approximate surface area is 110 Å². The van der Waals surface area contributed by atoms with Crippen molar-refractivity contribution in [3.63, 3.8) is 0 Å². The van der Waals surface area contributed by atoms with Crippen LogP contribution in [0.1, 0.15) is 12.8 Å². The monoisotopic (exact) mass is 255 g/mol. The van der Waals surface area contributed by atoms with Crippen LogP contribution in [0.3, 0.4) is 0 Å². The molecule has 0 aliphatic heterocycles. The maximum Gasteiger partial charge on any atom is 0.245 e. The fourth-order valence-corrected chi connectivity index (χ4v) is 0.907. The number of amides is 2. The summed E-state index contributed by atoms with van der Waals surface area (Å²) >= 11 is 0. The van der Waals surface area contributed by atoms with Crippen molar-refractivity contribution in [3.8, 4) is 0 Å². The Morgan fingerprint density at radius 3 is 2.06 bits per heavy atom. The Morgan fingerprint density at radius 1 is 1.22 bits per heavy atom. The van der Waals surface area contributed by atoms with Gasteiger partial charge in [0.25, 0.3) is 0 Å². The van der Waals surface area contributed by atoms with E-state index in [0.29, 0.717) is 0 Å². The van der Waals surface area contributed by atoms with Gasteiger partial charge < -0.3 is 15.5 Å². The summed E-state index contributed by atoms with van der Waals surface area (Å²) < 4.78 is 0. The average molecular weight is 255 g/mol. The third-order valence-corrected chi connectivity index (χ3v) is 1.87. The Kier molecular flexibility index (Phi) is 12.3. The fraction of sp³-hybridized carbons (Fsp3) is 0.538. The molecule has 2 amide bonds. The van der Waals surface area contributed by atoms with E-state index in [9.17, 15) is 9.59 Å². The van der Waals surface area contributed by atoms with Crippen LogP contribution >= 0.6 is 0 Å². The van der Waals surface area contributed by atoms with E-state index >= 15 is 0 Å². The van der Waals surface area contributed by atoms with Gasteiger partial charge in [-0.1, -0.05) is 12.7 Å². The van der Waals surface area contributed by atoms with Crippen LogP contribution in [0.4, 0.5) is 0 Å². The molecular formula is C13H25N3O2. The van der Waals surface area contributed by atoms with E-state index in [4.69, 9.17) is 5.73 Å². The molecule has 5 nitrogen and oxygen atoms in total. The van der Waals surface area contributed by atoms with Crippen LogP contribution in [0.25, 0.3) is 0 Å². The topological polar surface area (TPSA) is 66.6 Å². The Morgan fingerprint density at radius 2 is 1.78 bits per heavy atom. The van der Waals surface area contributed by atoms with Crippen molar-refractivity contribution in [1.82, 2.24) is 9.80 Å². The van der Waals surface area contributed by atoms with E-state index < -0.39 is 0 Å². The molecule has 18 heavy (non-hydrogen) atoms. The molecule has 0 unspecified atom stereocenters. The molecule has 104 valence electrons. The lowest BCUT2D eigenvalue weighted by molar-refractivity contribution is -0.123. The van der Waals surface area contributed by atoms with Gasteiger partial charge >= 0.3 is 0 Å². The van der Waals surface area contributed by atoms with E-state index in [1.165, 1.54) is 17.1 Å². The van der Waals surface area contributed by atoms with Crippen LogP contribution < -0.4 is 5.73 Å². The highest BCUT2D eigenvalue weighted by molar-refractivity contribution is 5.86. The lowest BCUT2D eigenvalue weighted by Gasteiger charge is -2.06. The molecule has 0 saturated carbocycles. The lowest BCUT2D eigenvalue weighted by atomic mass is 10.3. The number of rotatable bonds is 6. The van der Waals surface area contributed by atoms with Gasteiger partial charge in [0.2, 0.25) is 11.8 Å². The molecular weight excluding hydrogens is 230 g/mol. The zero-order valence-corrected chi connectivity index (χ0v) is 11.8. The van der Waals surface area contributed by atoms with Crippen LogP contribution in [0.2, 0.25) is 0 Å². The number of nitrogens with two attached hydrogens (primary N) is 1. The van der Waals surface area contributed by atoms with Crippen LogP contribution in [-0.4, -0.2) is 56.3 Å². The third kappa shape index (κ3) is 16.8. The molecule has 0 fully saturated rings. The van der Waals surface area contributed by atoms with Crippen LogP contribution in [0.15, 0.2) is 24.8 Å². The quantitative estimate of drug-likeness (QED) is 0.559. The average Bonchev–Trinajstić information content (AvgIpc) is 2.27. The van der Waals surface area contributed by atoms with Gasteiger partial charge in [0.05, 0.1) is 0 Å². The molecule has 2 N–H and O–H groups in total. The fourth-order valence-electron chi connectivity index (χ4n) is 0.907. The molecule has 0 aliphatic rings. The molecule has 0 heterocycles. The molecule has 0 bridgehead atoms. The van der Waals surface area contributed by atoms with Crippen molar-refractivity contribution in [2.75, 3.05) is 34.7 Å². The van der Waals surface area contributed by atoms with E-state index in [1.54, 1.807) is 14.1 Å². The minimum Gasteiger partial charge on any atom is -0.366 e. The molecule has 0 atom stereocenters. The minimum atomic E-state index is -0.366. The third-order valence-electron chi connectivity index (χ3n) is 1.87. The Bertz CT molecular complexity index is 284. The predicted octanol–water partition coefficient (Wildman–Crippen LogP) is 0.630. The zero-order valence-electron chi connectivity index (χ0n) is 11.8. The summed E-state index contributed by atoms with van der Waals surface area (Å²) in [6.07, 6.45) is 6.49. The summed E-state index contributed by atoms with van der Waals surface area (Å²) in [5.41, 5.74) is 4.90. The van der Waals surface area contributed by atoms with Crippen molar-refractivity contribution in [2.24, 2.45) is 5.73 Å². The largest absolute Gasteiger partial charge is 0.366 e. The highest BCUT2D eigenvalue weighted by Crippen LogP contribution is 1.91. The number of likely N-dealkylation sites (N-methyl/N-ethyl adjacent to an activating group) is 1. The first-order chi connectivity index (χ1) is 8.31. The first-order valence-electron chi connectivity index (χ1n) is 5.75. The number of carbonyl (C=O) groups is 2. The highest BCUT2D eigenvalue weighted by atomic mass is 16.2. The molecule has 0 spiro atoms. The molecule has 0 radical (unpaired) electrons. The van der Waals surface area contributed by atoms with Crippen molar-refractivity contribution in [3.05, 3.63) is 24.8 Å². The number of carbonyl (C=O) groups excluding carboxylic acids is 2. The van der Waals surface area contributed by atoms with Gasteiger partial charge in [-0.15, -0.1) is 0 Å². The maximum atomic E-state index is 10.3. The van der Waals surface area contributed by atoms with Gasteiger partial charge in [0.1, 0.15) is 0 Å². The molecule has 0 aliphatic carbocycles. The van der Waals surface area contributed by atoms with E-state index in [0.717, 1.165) is 19.4 Å². The number of unbranched alkanes of at least 4 members (excludes halogenated alkanes) is 1. The normalized spacial score (nSPS) is 9.83. The van der Waals surface area contributed by atoms with E-state index in [1.807, 2.05) is 20.2 Å². The van der Waals surface area contributed by atoms with Crippen LogP contribution in [-0.2, 0) is 9.59 Å². The Hall–Kier alpha value is -1.62. The second kappa shape index (κ2) is 11.9. The summed E-state index contributed by atoms with van der Waals surface area (Å²) in [5.74, 6) is -0.421. The second-order valence-electron chi connectivity index (χ2n) is 4.19. The predicted molar refractivity (Wildman–Crippen MR) is 75.0 cm³/mol. The number of primary amides is 1. The van der Waals surface area contributed by atoms with Gasteiger partial charge in [-0.05, 0) is 45.6 Å². The Balaban J connectivity index is 0. The van der Waals surface area contributed by atoms with Gasteiger partial charge in [0, 0.05) is 14.1 Å². The number of allylic oxidation sites excluding steroid dienone is 1. The smallest absolute Gasteiger partial charge is 0.245 e. The lowest BCUT2D eigenvalue weighted by Crippen LogP contribution is -2.18. The summed E-state index contributed by atoms with van der Waals surface area (Å²) in [7, 11) is 7.42. The SMILES string of the molecule is C=CC(=O)N(C)C.CN(C)CCC/C=C/C(N)=O. The van der Waals surface area contributed by atoms with Gasteiger partial charge in [-0.3, -0.25) is 9.59 Å². The molecule has 0 aromatic rings. The summed E-state index contributed by atoms with van der Waals surface area (Å²) in [5, 5.41) is 0. The molecule has 0 rings (SSSR count). The molecule has 0 saturated heterocycles. The molecule has 0 aromatic carbocycles. The number of hydrogen-bond donors (Lipinski definition) is 1. The van der Waals surface area contributed by atoms with Gasteiger partial charge in [0.15, 0.2) is 0 Å². The number of hydrogen-bond acceptors (Lipinski definition) is 3. The van der Waals surface area contributed by atoms with Crippen LogP contribution in [0.5, 0.6) is 0 Å². The minimum absolute atomic E-state index is 0.0556. The van der Waals surface area contributed by atoms with Crippen molar-refractivity contribution in [1.29, 1.82) is 0 Å². The van der Waals surface area contributed by atoms with Gasteiger partial charge in [-0.25, -0.2) is 0 Å². The summed E-state index contributed by atoms with van der Waals surface area (Å²) in [6.45, 7) is 4.34. The first-order valence-corrected chi connectivity index (χ1v) is 5.75. The first kappa shape index (κ1) is 18.7. The molecule has 0 aromatic heterocycles. The zero-order chi connectivity index (χ0) is 14.6. The second-order valence-corrected chi connectivity index (χ2v) is 4.19. The van der Waals surface area contributed by atoms with Crippen molar-refractivity contribution in [2.45, 2.75) is 12.8 Å². The van der Waals surface area contributed by atoms with Crippen molar-refractivity contribution >= 4 is 11.8 Å². The standard InChI is InChI=1S/C8H16N2O.C5H9NO/c1-10(2)7-5-3-4-6-8(9)11;1-4-5(7)6(2)3/h4,6H,3,5,7H2,1-2H3,(H2,9,11);4H,1H2,2-3H3/b6-4+;. The summed E-state index contributed by atoms with van der Waals surface area (Å²) in [6, 6.07) is 0.